The van der Waals surface area contributed by atoms with Gasteiger partial charge < -0.3 is 4.74 Å². The second-order valence-electron chi connectivity index (χ2n) is 2.82. The van der Waals surface area contributed by atoms with Gasteiger partial charge in [0.25, 0.3) is 0 Å². The highest BCUT2D eigenvalue weighted by Gasteiger charge is 2.14. The van der Waals surface area contributed by atoms with Crippen LogP contribution < -0.4 is 0 Å². The van der Waals surface area contributed by atoms with Crippen LogP contribution in [0.15, 0.2) is 35.3 Å². The van der Waals surface area contributed by atoms with Gasteiger partial charge in [0.1, 0.15) is 11.0 Å². The van der Waals surface area contributed by atoms with E-state index in [2.05, 4.69) is 4.99 Å². The van der Waals surface area contributed by atoms with Gasteiger partial charge in [-0.2, -0.15) is 4.99 Å². The van der Waals surface area contributed by atoms with E-state index in [1.807, 2.05) is 30.3 Å². The van der Waals surface area contributed by atoms with Gasteiger partial charge in [-0.05, 0) is 5.56 Å². The van der Waals surface area contributed by atoms with Crippen LogP contribution in [0.5, 0.6) is 0 Å². The van der Waals surface area contributed by atoms with E-state index in [0.717, 1.165) is 15.0 Å². The third-order valence-corrected chi connectivity index (χ3v) is 4.08. The van der Waals surface area contributed by atoms with E-state index in [0.29, 0.717) is 0 Å². The summed E-state index contributed by atoms with van der Waals surface area (Å²) in [7, 11) is 0. The SMILES string of the molecule is O=C(N=C1SCS1)OCc1ccccc1. The topological polar surface area (TPSA) is 38.7 Å². The molecule has 1 heterocycles. The zero-order chi connectivity index (χ0) is 10.5. The minimum Gasteiger partial charge on any atom is -0.443 e. The van der Waals surface area contributed by atoms with Crippen LogP contribution in [-0.2, 0) is 11.3 Å². The first-order valence-electron chi connectivity index (χ1n) is 4.39. The van der Waals surface area contributed by atoms with Gasteiger partial charge in [0.2, 0.25) is 0 Å². The predicted molar refractivity (Wildman–Crippen MR) is 64.1 cm³/mol. The lowest BCUT2D eigenvalue weighted by Gasteiger charge is -2.11. The molecule has 2 rings (SSSR count). The van der Waals surface area contributed by atoms with Gasteiger partial charge in [-0.15, -0.1) is 0 Å². The molecule has 1 saturated heterocycles. The first-order chi connectivity index (χ1) is 7.34. The summed E-state index contributed by atoms with van der Waals surface area (Å²) in [6.07, 6.45) is -0.506. The zero-order valence-corrected chi connectivity index (χ0v) is 9.51. The second-order valence-corrected chi connectivity index (χ2v) is 5.38. The van der Waals surface area contributed by atoms with Crippen LogP contribution in [0.2, 0.25) is 0 Å². The van der Waals surface area contributed by atoms with Crippen LogP contribution in [0.4, 0.5) is 4.79 Å². The number of ether oxygens (including phenoxy) is 1. The molecule has 0 spiro atoms. The van der Waals surface area contributed by atoms with Crippen LogP contribution in [0, 0.1) is 0 Å². The number of thioether (sulfide) groups is 2. The minimum atomic E-state index is -0.506. The van der Waals surface area contributed by atoms with Gasteiger partial charge in [0, 0.05) is 0 Å². The summed E-state index contributed by atoms with van der Waals surface area (Å²) < 4.78 is 5.78. The Balaban J connectivity index is 1.80. The van der Waals surface area contributed by atoms with Gasteiger partial charge in [0.15, 0.2) is 0 Å². The summed E-state index contributed by atoms with van der Waals surface area (Å²) in [5.74, 6) is 0. The lowest BCUT2D eigenvalue weighted by atomic mass is 10.2. The molecular formula is C10H9NO2S2. The maximum Gasteiger partial charge on any atom is 0.435 e. The Labute approximate surface area is 96.3 Å². The lowest BCUT2D eigenvalue weighted by Crippen LogP contribution is -2.05. The third kappa shape index (κ3) is 3.28. The number of hydrogen-bond donors (Lipinski definition) is 0. The fourth-order valence-corrected chi connectivity index (χ4v) is 2.17. The Kier molecular flexibility index (Phi) is 3.69. The van der Waals surface area contributed by atoms with Crippen LogP contribution in [0.3, 0.4) is 0 Å². The van der Waals surface area contributed by atoms with Crippen LogP contribution in [-0.4, -0.2) is 15.6 Å². The van der Waals surface area contributed by atoms with E-state index in [-0.39, 0.29) is 6.61 Å². The first kappa shape index (κ1) is 10.6. The average Bonchev–Trinajstić information content (AvgIpc) is 2.22. The number of aliphatic imine (C=N–C) groups is 1. The average molecular weight is 239 g/mol. The molecule has 0 radical (unpaired) electrons. The summed E-state index contributed by atoms with van der Waals surface area (Å²) in [5, 5.41) is 0.977. The summed E-state index contributed by atoms with van der Waals surface area (Å²) in [5.41, 5.74) is 0.972. The minimum absolute atomic E-state index is 0.284. The van der Waals surface area contributed by atoms with Gasteiger partial charge in [0.05, 0.1) is 5.08 Å². The number of carbonyl (C=O) groups excluding carboxylic acids is 1. The first-order valence-corrected chi connectivity index (χ1v) is 6.37. The molecule has 1 aromatic rings. The van der Waals surface area contributed by atoms with Crippen LogP contribution >= 0.6 is 23.5 Å². The number of rotatable bonds is 2. The molecule has 15 heavy (non-hydrogen) atoms. The Bertz CT molecular complexity index is 372. The molecule has 3 nitrogen and oxygen atoms in total. The van der Waals surface area contributed by atoms with Crippen molar-refractivity contribution in [3.8, 4) is 0 Å². The quantitative estimate of drug-likeness (QED) is 0.794. The maximum atomic E-state index is 11.2. The van der Waals surface area contributed by atoms with E-state index in [9.17, 15) is 4.79 Å². The van der Waals surface area contributed by atoms with Crippen molar-refractivity contribution in [1.29, 1.82) is 0 Å². The van der Waals surface area contributed by atoms with E-state index >= 15 is 0 Å². The molecule has 0 atom stereocenters. The number of carbonyl (C=O) groups is 1. The Morgan fingerprint density at radius 2 is 2.07 bits per heavy atom. The van der Waals surface area contributed by atoms with Crippen LogP contribution in [0.25, 0.3) is 0 Å². The fourth-order valence-electron chi connectivity index (χ4n) is 1.00. The van der Waals surface area contributed by atoms with Crippen molar-refractivity contribution in [1.82, 2.24) is 0 Å². The molecule has 1 amide bonds. The molecule has 0 bridgehead atoms. The van der Waals surface area contributed by atoms with E-state index in [1.165, 1.54) is 0 Å². The molecule has 1 aliphatic rings. The highest BCUT2D eigenvalue weighted by Crippen LogP contribution is 2.32. The van der Waals surface area contributed by atoms with Crippen molar-refractivity contribution in [3.05, 3.63) is 35.9 Å². The van der Waals surface area contributed by atoms with Crippen LogP contribution in [0.1, 0.15) is 5.56 Å². The summed E-state index contributed by atoms with van der Waals surface area (Å²) in [4.78, 5) is 15.0. The van der Waals surface area contributed by atoms with Gasteiger partial charge >= 0.3 is 6.09 Å². The molecular weight excluding hydrogens is 230 g/mol. The number of nitrogens with zero attached hydrogens (tertiary/aromatic N) is 1. The standard InChI is InChI=1S/C10H9NO2S2/c12-9(11-10-14-7-15-10)13-6-8-4-2-1-3-5-8/h1-5H,6-7H2. The van der Waals surface area contributed by atoms with Crippen molar-refractivity contribution in [3.63, 3.8) is 0 Å². The highest BCUT2D eigenvalue weighted by molar-refractivity contribution is 8.52. The fraction of sp³-hybridized carbons (Fsp3) is 0.200. The molecule has 1 aromatic carbocycles. The largest absolute Gasteiger partial charge is 0.443 e. The van der Waals surface area contributed by atoms with Gasteiger partial charge in [-0.25, -0.2) is 4.79 Å². The summed E-state index contributed by atoms with van der Waals surface area (Å²) in [6.45, 7) is 0.284. The van der Waals surface area contributed by atoms with Gasteiger partial charge in [-0.1, -0.05) is 53.9 Å². The van der Waals surface area contributed by atoms with Crippen molar-refractivity contribution < 1.29 is 9.53 Å². The lowest BCUT2D eigenvalue weighted by molar-refractivity contribution is 0.151. The van der Waals surface area contributed by atoms with Crippen molar-refractivity contribution in [2.75, 3.05) is 5.08 Å². The predicted octanol–water partition coefficient (Wildman–Crippen LogP) is 3.12. The van der Waals surface area contributed by atoms with E-state index in [4.69, 9.17) is 4.74 Å². The molecule has 1 fully saturated rings. The molecule has 1 aliphatic heterocycles. The molecule has 0 N–H and O–H groups in total. The van der Waals surface area contributed by atoms with Crippen molar-refractivity contribution in [2.45, 2.75) is 6.61 Å². The molecule has 0 unspecified atom stereocenters. The maximum absolute atomic E-state index is 11.2. The van der Waals surface area contributed by atoms with Gasteiger partial charge in [-0.3, -0.25) is 0 Å². The molecule has 0 aromatic heterocycles. The number of hydrogen-bond acceptors (Lipinski definition) is 4. The normalized spacial score (nSPS) is 14.3. The number of benzene rings is 1. The Morgan fingerprint density at radius 3 is 2.67 bits per heavy atom. The highest BCUT2D eigenvalue weighted by atomic mass is 32.3. The Hall–Kier alpha value is -0.940. The van der Waals surface area contributed by atoms with Crippen molar-refractivity contribution in [2.24, 2.45) is 4.99 Å². The molecule has 0 aliphatic carbocycles. The summed E-state index contributed by atoms with van der Waals surface area (Å²) >= 11 is 3.13. The zero-order valence-electron chi connectivity index (χ0n) is 7.88. The number of amides is 1. The smallest absolute Gasteiger partial charge is 0.435 e. The third-order valence-electron chi connectivity index (χ3n) is 1.75. The van der Waals surface area contributed by atoms with Crippen molar-refractivity contribution >= 4 is 34.0 Å². The Morgan fingerprint density at radius 1 is 1.33 bits per heavy atom. The molecule has 78 valence electrons. The molecule has 5 heteroatoms. The monoisotopic (exact) mass is 239 g/mol. The van der Waals surface area contributed by atoms with E-state index < -0.39 is 6.09 Å². The molecule has 0 saturated carbocycles. The second kappa shape index (κ2) is 5.23. The van der Waals surface area contributed by atoms with E-state index in [1.54, 1.807) is 23.5 Å². The summed E-state index contributed by atoms with van der Waals surface area (Å²) in [6, 6.07) is 9.56.